The lowest BCUT2D eigenvalue weighted by Gasteiger charge is -2.26. The molecule has 30 heavy (non-hydrogen) atoms. The van der Waals surface area contributed by atoms with Crippen molar-refractivity contribution in [3.63, 3.8) is 0 Å². The second kappa shape index (κ2) is 12.8. The summed E-state index contributed by atoms with van der Waals surface area (Å²) < 4.78 is 0. The average Bonchev–Trinajstić information content (AvgIpc) is 3.18. The summed E-state index contributed by atoms with van der Waals surface area (Å²) in [4.78, 5) is 49.3. The lowest BCUT2D eigenvalue weighted by Crippen LogP contribution is -2.57. The molecular weight excluding hydrogens is 408 g/mol. The van der Waals surface area contributed by atoms with Crippen molar-refractivity contribution in [1.82, 2.24) is 21.3 Å². The average molecular weight is 445 g/mol. The molecule has 4 unspecified atom stereocenters. The van der Waals surface area contributed by atoms with Gasteiger partial charge in [0.25, 0.3) is 0 Å². The SMILES string of the molecule is CC(C)CC(NC(=O)C(CC(C)C)NC(=O)C1CCCN1)C(=O)NC(CS)C(=O)O. The van der Waals surface area contributed by atoms with Crippen LogP contribution in [0.3, 0.4) is 0 Å². The summed E-state index contributed by atoms with van der Waals surface area (Å²) in [6.45, 7) is 8.47. The molecule has 10 heteroatoms. The van der Waals surface area contributed by atoms with E-state index in [0.29, 0.717) is 12.8 Å². The van der Waals surface area contributed by atoms with Gasteiger partial charge >= 0.3 is 5.97 Å². The van der Waals surface area contributed by atoms with Crippen LogP contribution in [0.1, 0.15) is 53.4 Å². The largest absolute Gasteiger partial charge is 0.480 e. The van der Waals surface area contributed by atoms with Gasteiger partial charge in [0.1, 0.15) is 18.1 Å². The van der Waals surface area contributed by atoms with Crippen molar-refractivity contribution in [2.45, 2.75) is 77.5 Å². The second-order valence-electron chi connectivity index (χ2n) is 8.61. The Morgan fingerprint density at radius 3 is 1.83 bits per heavy atom. The fraction of sp³-hybridized carbons (Fsp3) is 0.800. The van der Waals surface area contributed by atoms with E-state index in [2.05, 4.69) is 33.9 Å². The molecule has 5 N–H and O–H groups in total. The van der Waals surface area contributed by atoms with Crippen molar-refractivity contribution in [3.05, 3.63) is 0 Å². The highest BCUT2D eigenvalue weighted by molar-refractivity contribution is 7.80. The first kappa shape index (κ1) is 26.2. The van der Waals surface area contributed by atoms with Crippen molar-refractivity contribution >= 4 is 36.3 Å². The fourth-order valence-electron chi connectivity index (χ4n) is 3.32. The molecule has 1 saturated heterocycles. The fourth-order valence-corrected chi connectivity index (χ4v) is 3.56. The van der Waals surface area contributed by atoms with E-state index in [9.17, 15) is 19.2 Å². The Labute approximate surface area is 183 Å². The second-order valence-corrected chi connectivity index (χ2v) is 8.98. The number of amides is 3. The zero-order valence-electron chi connectivity index (χ0n) is 18.2. The minimum atomic E-state index is -1.19. The Balaban J connectivity index is 2.88. The molecule has 0 bridgehead atoms. The van der Waals surface area contributed by atoms with Crippen LogP contribution in [-0.4, -0.2) is 65.3 Å². The highest BCUT2D eigenvalue weighted by Gasteiger charge is 2.31. The van der Waals surface area contributed by atoms with Gasteiger partial charge in [0.05, 0.1) is 6.04 Å². The zero-order chi connectivity index (χ0) is 22.8. The minimum Gasteiger partial charge on any atom is -0.480 e. The summed E-state index contributed by atoms with van der Waals surface area (Å²) in [6.07, 6.45) is 2.39. The van der Waals surface area contributed by atoms with E-state index in [4.69, 9.17) is 5.11 Å². The molecule has 3 amide bonds. The van der Waals surface area contributed by atoms with E-state index in [1.54, 1.807) is 0 Å². The normalized spacial score (nSPS) is 19.2. The third-order valence-electron chi connectivity index (χ3n) is 4.85. The highest BCUT2D eigenvalue weighted by atomic mass is 32.1. The van der Waals surface area contributed by atoms with Crippen molar-refractivity contribution in [2.75, 3.05) is 12.3 Å². The number of thiol groups is 1. The molecule has 0 aromatic heterocycles. The predicted molar refractivity (Wildman–Crippen MR) is 117 cm³/mol. The Kier molecular flexibility index (Phi) is 11.2. The molecule has 172 valence electrons. The van der Waals surface area contributed by atoms with Crippen molar-refractivity contribution < 1.29 is 24.3 Å². The number of carboxylic acids is 1. The molecule has 0 aliphatic carbocycles. The number of nitrogens with one attached hydrogen (secondary N) is 4. The van der Waals surface area contributed by atoms with E-state index in [1.165, 1.54) is 0 Å². The topological polar surface area (TPSA) is 137 Å². The van der Waals surface area contributed by atoms with Gasteiger partial charge in [-0.05, 0) is 44.1 Å². The number of carbonyl (C=O) groups excluding carboxylic acids is 3. The zero-order valence-corrected chi connectivity index (χ0v) is 19.1. The summed E-state index contributed by atoms with van der Waals surface area (Å²) >= 11 is 3.95. The summed E-state index contributed by atoms with van der Waals surface area (Å²) in [5.41, 5.74) is 0. The van der Waals surface area contributed by atoms with E-state index in [-0.39, 0.29) is 29.5 Å². The van der Waals surface area contributed by atoms with Crippen LogP contribution < -0.4 is 21.3 Å². The molecule has 9 nitrogen and oxygen atoms in total. The maximum Gasteiger partial charge on any atom is 0.327 e. The first-order valence-corrected chi connectivity index (χ1v) is 11.2. The summed E-state index contributed by atoms with van der Waals surface area (Å²) in [5, 5.41) is 20.2. The molecule has 4 atom stereocenters. The molecule has 0 radical (unpaired) electrons. The van der Waals surface area contributed by atoms with Crippen LogP contribution in [0.15, 0.2) is 0 Å². The molecule has 1 rings (SSSR count). The minimum absolute atomic E-state index is 0.0656. The van der Waals surface area contributed by atoms with Crippen molar-refractivity contribution in [3.8, 4) is 0 Å². The number of carbonyl (C=O) groups is 4. The van der Waals surface area contributed by atoms with Crippen LogP contribution in [0.2, 0.25) is 0 Å². The Morgan fingerprint density at radius 2 is 1.43 bits per heavy atom. The third-order valence-corrected chi connectivity index (χ3v) is 5.22. The monoisotopic (exact) mass is 444 g/mol. The number of carboxylic acid groups (broad SMARTS) is 1. The smallest absolute Gasteiger partial charge is 0.327 e. The molecule has 0 aromatic rings. The first-order chi connectivity index (χ1) is 14.0. The third kappa shape index (κ3) is 8.91. The molecule has 0 spiro atoms. The first-order valence-electron chi connectivity index (χ1n) is 10.5. The van der Waals surface area contributed by atoms with Gasteiger partial charge in [-0.15, -0.1) is 0 Å². The highest BCUT2D eigenvalue weighted by Crippen LogP contribution is 2.11. The van der Waals surface area contributed by atoms with Crippen LogP contribution in [0.4, 0.5) is 0 Å². The number of hydrogen-bond donors (Lipinski definition) is 6. The Bertz CT molecular complexity index is 608. The summed E-state index contributed by atoms with van der Waals surface area (Å²) in [7, 11) is 0. The van der Waals surface area contributed by atoms with E-state index in [0.717, 1.165) is 19.4 Å². The van der Waals surface area contributed by atoms with Crippen LogP contribution in [0.5, 0.6) is 0 Å². The van der Waals surface area contributed by atoms with Gasteiger partial charge < -0.3 is 26.4 Å². The number of aliphatic carboxylic acids is 1. The molecule has 1 fully saturated rings. The molecule has 1 aliphatic rings. The van der Waals surface area contributed by atoms with Crippen LogP contribution >= 0.6 is 12.6 Å². The maximum absolute atomic E-state index is 13.0. The van der Waals surface area contributed by atoms with E-state index < -0.39 is 35.9 Å². The van der Waals surface area contributed by atoms with Gasteiger partial charge in [-0.2, -0.15) is 12.6 Å². The standard InChI is InChI=1S/C20H36N4O5S/c1-11(2)8-14(22-17(25)13-6-5-7-21-13)18(26)23-15(9-12(3)4)19(27)24-16(10-30)20(28)29/h11-16,21,30H,5-10H2,1-4H3,(H,22,25)(H,23,26)(H,24,27)(H,28,29). The van der Waals surface area contributed by atoms with Gasteiger partial charge in [0.15, 0.2) is 0 Å². The Hall–Kier alpha value is -1.81. The summed E-state index contributed by atoms with van der Waals surface area (Å²) in [5.74, 6) is -2.28. The molecular formula is C20H36N4O5S. The van der Waals surface area contributed by atoms with Crippen LogP contribution in [-0.2, 0) is 19.2 Å². The molecule has 0 aromatic carbocycles. The van der Waals surface area contributed by atoms with Gasteiger partial charge in [-0.1, -0.05) is 27.7 Å². The van der Waals surface area contributed by atoms with Gasteiger partial charge in [0, 0.05) is 5.75 Å². The number of rotatable bonds is 12. The predicted octanol–water partition coefficient (Wildman–Crippen LogP) is 0.299. The van der Waals surface area contributed by atoms with Crippen molar-refractivity contribution in [2.24, 2.45) is 11.8 Å². The quantitative estimate of drug-likeness (QED) is 0.240. The van der Waals surface area contributed by atoms with E-state index >= 15 is 0 Å². The van der Waals surface area contributed by atoms with Gasteiger partial charge in [-0.3, -0.25) is 14.4 Å². The Morgan fingerprint density at radius 1 is 0.933 bits per heavy atom. The van der Waals surface area contributed by atoms with Crippen molar-refractivity contribution in [1.29, 1.82) is 0 Å². The molecule has 1 heterocycles. The molecule has 1 aliphatic heterocycles. The van der Waals surface area contributed by atoms with Crippen LogP contribution in [0, 0.1) is 11.8 Å². The van der Waals surface area contributed by atoms with Gasteiger partial charge in [-0.25, -0.2) is 4.79 Å². The van der Waals surface area contributed by atoms with E-state index in [1.807, 2.05) is 27.7 Å². The number of hydrogen-bond acceptors (Lipinski definition) is 6. The van der Waals surface area contributed by atoms with Crippen LogP contribution in [0.25, 0.3) is 0 Å². The van der Waals surface area contributed by atoms with Gasteiger partial charge in [0.2, 0.25) is 17.7 Å². The maximum atomic E-state index is 13.0. The molecule has 0 saturated carbocycles. The lowest BCUT2D eigenvalue weighted by atomic mass is 9.99. The summed E-state index contributed by atoms with van der Waals surface area (Å²) in [6, 6.07) is -3.14. The lowest BCUT2D eigenvalue weighted by molar-refractivity contribution is -0.141.